The lowest BCUT2D eigenvalue weighted by Gasteiger charge is -2.64. The summed E-state index contributed by atoms with van der Waals surface area (Å²) in [5.41, 5.74) is 7.07. The van der Waals surface area contributed by atoms with Gasteiger partial charge < -0.3 is 25.7 Å². The number of hydrogen-bond donors (Lipinski definition) is 4. The van der Waals surface area contributed by atoms with Crippen LogP contribution >= 0.6 is 11.8 Å². The Kier molecular flexibility index (Phi) is 10.5. The Labute approximate surface area is 256 Å². The summed E-state index contributed by atoms with van der Waals surface area (Å²) in [7, 11) is -0.601. The average molecular weight is 619 g/mol. The number of hydrogen-bond acceptors (Lipinski definition) is 10. The van der Waals surface area contributed by atoms with Crippen molar-refractivity contribution in [1.29, 1.82) is 0 Å². The van der Waals surface area contributed by atoms with E-state index in [1.807, 2.05) is 0 Å². The molecule has 1 aromatic rings. The molecule has 2 heterocycles. The molecule has 0 aromatic carbocycles. The van der Waals surface area contributed by atoms with Crippen LogP contribution in [0.5, 0.6) is 0 Å². The highest BCUT2D eigenvalue weighted by atomic mass is 32.2. The lowest BCUT2D eigenvalue weighted by molar-refractivity contribution is -0.525. The van der Waals surface area contributed by atoms with Gasteiger partial charge in [0, 0.05) is 18.9 Å². The zero-order valence-corrected chi connectivity index (χ0v) is 26.3. The van der Waals surface area contributed by atoms with Crippen LogP contribution in [0.3, 0.4) is 0 Å². The molecule has 5 N–H and O–H groups in total. The molecule has 3 saturated carbocycles. The molecule has 3 aliphatic carbocycles. The molecule has 0 unspecified atom stereocenters. The van der Waals surface area contributed by atoms with Gasteiger partial charge in [-0.15, -0.1) is 0 Å². The standard InChI is InChI=1S/C27H43BN8O6S/c1-16(2)12-21(28-41-20-14-17-13-19(26(17,3)4)27(20,5)42-28)34-23(38)18(8-6-9-30-24(29)35-36(39)40)33-22(37)15-43-25-31-10-7-11-32-25/h7,10-11,16-21H,6,8-9,12-15H2,1-5H3,(H,33,37)(H,34,38)(H3,29,30,35)/t17-,18+,19-,20-,21+,27+/m1/s1. The number of hydrazine groups is 1. The van der Waals surface area contributed by atoms with Crippen molar-refractivity contribution in [1.82, 2.24) is 26.0 Å². The van der Waals surface area contributed by atoms with Gasteiger partial charge in [-0.3, -0.25) is 9.59 Å². The number of aromatic nitrogens is 2. The third kappa shape index (κ3) is 7.95. The molecule has 1 aliphatic heterocycles. The molecular weight excluding hydrogens is 575 g/mol. The number of nitrogens with zero attached hydrogens (tertiary/aromatic N) is 4. The van der Waals surface area contributed by atoms with Gasteiger partial charge in [0.1, 0.15) is 6.04 Å². The summed E-state index contributed by atoms with van der Waals surface area (Å²) in [6.07, 6.45) is 6.43. The van der Waals surface area contributed by atoms with Crippen LogP contribution in [-0.4, -0.2) is 75.9 Å². The van der Waals surface area contributed by atoms with E-state index in [4.69, 9.17) is 15.0 Å². The number of amides is 2. The Bertz CT molecular complexity index is 1190. The van der Waals surface area contributed by atoms with Crippen LogP contribution in [0.1, 0.15) is 66.7 Å². The first-order valence-electron chi connectivity index (χ1n) is 14.8. The number of carbonyl (C=O) groups excluding carboxylic acids is 2. The highest BCUT2D eigenvalue weighted by Gasteiger charge is 2.68. The van der Waals surface area contributed by atoms with Crippen molar-refractivity contribution >= 4 is 36.7 Å². The number of nitrogens with one attached hydrogen (secondary N) is 3. The fraction of sp³-hybridized carbons (Fsp3) is 0.741. The zero-order valence-electron chi connectivity index (χ0n) is 25.4. The molecule has 1 saturated heterocycles. The summed E-state index contributed by atoms with van der Waals surface area (Å²) in [6.45, 7) is 11.0. The SMILES string of the molecule is CC(C)C[C@H](NC(=O)[C@H](CCCN=C(N)N[N+](=O)[O-])NC(=O)CSc1ncccn1)B1O[C@@H]2C[C@H]3C[C@H](C3(C)C)[C@]2(C)O1. The fourth-order valence-corrected chi connectivity index (χ4v) is 7.33. The number of nitro groups is 1. The van der Waals surface area contributed by atoms with Crippen LogP contribution < -0.4 is 21.8 Å². The molecule has 43 heavy (non-hydrogen) atoms. The third-order valence-corrected chi connectivity index (χ3v) is 9.89. The number of aliphatic imine (C=N–C) groups is 1. The van der Waals surface area contributed by atoms with Crippen LogP contribution in [-0.2, 0) is 18.9 Å². The number of thioether (sulfide) groups is 1. The molecule has 16 heteroatoms. The van der Waals surface area contributed by atoms with Crippen molar-refractivity contribution < 1.29 is 23.9 Å². The predicted molar refractivity (Wildman–Crippen MR) is 162 cm³/mol. The highest BCUT2D eigenvalue weighted by molar-refractivity contribution is 7.99. The van der Waals surface area contributed by atoms with Crippen molar-refractivity contribution in [2.45, 2.75) is 95.6 Å². The van der Waals surface area contributed by atoms with Gasteiger partial charge in [-0.25, -0.2) is 25.1 Å². The minimum Gasteiger partial charge on any atom is -0.404 e. The van der Waals surface area contributed by atoms with Gasteiger partial charge in [0.05, 0.1) is 23.4 Å². The largest absolute Gasteiger partial charge is 0.481 e. The van der Waals surface area contributed by atoms with E-state index in [1.165, 1.54) is 0 Å². The summed E-state index contributed by atoms with van der Waals surface area (Å²) >= 11 is 1.16. The lowest BCUT2D eigenvalue weighted by atomic mass is 9.43. The third-order valence-electron chi connectivity index (χ3n) is 9.02. The fourth-order valence-electron chi connectivity index (χ4n) is 6.72. The summed E-state index contributed by atoms with van der Waals surface area (Å²) in [5.74, 6) is -0.208. The first kappa shape index (κ1) is 32.9. The molecule has 236 valence electrons. The van der Waals surface area contributed by atoms with Crippen LogP contribution in [0, 0.1) is 33.3 Å². The van der Waals surface area contributed by atoms with E-state index in [0.717, 1.165) is 24.6 Å². The molecule has 6 atom stereocenters. The Hall–Kier alpha value is -2.98. The molecular formula is C27H43BN8O6S. The van der Waals surface area contributed by atoms with Gasteiger partial charge in [0.25, 0.3) is 5.96 Å². The van der Waals surface area contributed by atoms with E-state index in [9.17, 15) is 19.7 Å². The van der Waals surface area contributed by atoms with Crippen LogP contribution in [0.2, 0.25) is 0 Å². The van der Waals surface area contributed by atoms with Crippen molar-refractivity contribution in [2.24, 2.45) is 33.9 Å². The Morgan fingerprint density at radius 2 is 1.98 bits per heavy atom. The van der Waals surface area contributed by atoms with Gasteiger partial charge in [-0.2, -0.15) is 0 Å². The van der Waals surface area contributed by atoms with Crippen molar-refractivity contribution in [2.75, 3.05) is 12.3 Å². The Morgan fingerprint density at radius 3 is 2.63 bits per heavy atom. The van der Waals surface area contributed by atoms with E-state index in [0.29, 0.717) is 29.8 Å². The Balaban J connectivity index is 1.42. The maximum Gasteiger partial charge on any atom is 0.481 e. The van der Waals surface area contributed by atoms with E-state index < -0.39 is 29.7 Å². The van der Waals surface area contributed by atoms with Gasteiger partial charge >= 0.3 is 7.12 Å². The maximum absolute atomic E-state index is 13.7. The van der Waals surface area contributed by atoms with E-state index >= 15 is 0 Å². The van der Waals surface area contributed by atoms with Crippen LogP contribution in [0.25, 0.3) is 0 Å². The minimum absolute atomic E-state index is 0.0221. The van der Waals surface area contributed by atoms with Gasteiger partial charge in [0.2, 0.25) is 11.8 Å². The normalized spacial score (nSPS) is 27.1. The first-order chi connectivity index (χ1) is 20.3. The molecule has 0 radical (unpaired) electrons. The van der Waals surface area contributed by atoms with Crippen molar-refractivity contribution in [3.05, 3.63) is 28.6 Å². The van der Waals surface area contributed by atoms with Crippen LogP contribution in [0.15, 0.2) is 28.6 Å². The minimum atomic E-state index is -0.884. The second-order valence-corrected chi connectivity index (χ2v) is 13.7. The van der Waals surface area contributed by atoms with Gasteiger partial charge in [-0.1, -0.05) is 44.9 Å². The van der Waals surface area contributed by atoms with Gasteiger partial charge in [0.15, 0.2) is 10.2 Å². The summed E-state index contributed by atoms with van der Waals surface area (Å²) in [4.78, 5) is 49.3. The van der Waals surface area contributed by atoms with Gasteiger partial charge in [-0.05, 0) is 68.3 Å². The molecule has 2 amide bonds. The second kappa shape index (κ2) is 13.8. The summed E-state index contributed by atoms with van der Waals surface area (Å²) in [6, 6.07) is 0.802. The number of nitrogens with two attached hydrogens (primary N) is 1. The lowest BCUT2D eigenvalue weighted by Crippen LogP contribution is -2.65. The average Bonchev–Trinajstić information content (AvgIpc) is 3.30. The second-order valence-electron chi connectivity index (χ2n) is 12.8. The monoisotopic (exact) mass is 618 g/mol. The first-order valence-corrected chi connectivity index (χ1v) is 15.8. The topological polar surface area (TPSA) is 196 Å². The van der Waals surface area contributed by atoms with E-state index in [1.54, 1.807) is 23.9 Å². The molecule has 4 aliphatic rings. The maximum atomic E-state index is 13.7. The number of rotatable bonds is 14. The molecule has 4 fully saturated rings. The summed E-state index contributed by atoms with van der Waals surface area (Å²) in [5, 5.41) is 16.2. The smallest absolute Gasteiger partial charge is 0.404 e. The molecule has 0 spiro atoms. The Morgan fingerprint density at radius 1 is 1.26 bits per heavy atom. The predicted octanol–water partition coefficient (Wildman–Crippen LogP) is 1.73. The zero-order chi connectivity index (χ0) is 31.4. The van der Waals surface area contributed by atoms with Crippen molar-refractivity contribution in [3.8, 4) is 0 Å². The molecule has 2 bridgehead atoms. The number of carbonyl (C=O) groups is 2. The van der Waals surface area contributed by atoms with E-state index in [-0.39, 0.29) is 53.9 Å². The number of guanidine groups is 1. The highest BCUT2D eigenvalue weighted by Crippen LogP contribution is 2.65. The van der Waals surface area contributed by atoms with E-state index in [2.05, 4.69) is 60.2 Å². The summed E-state index contributed by atoms with van der Waals surface area (Å²) < 4.78 is 13.2. The molecule has 5 rings (SSSR count). The molecule has 1 aromatic heterocycles. The van der Waals surface area contributed by atoms with Crippen LogP contribution in [0.4, 0.5) is 0 Å². The molecule has 14 nitrogen and oxygen atoms in total. The van der Waals surface area contributed by atoms with Crippen molar-refractivity contribution in [3.63, 3.8) is 0 Å². The quantitative estimate of drug-likeness (QED) is 0.0346.